The van der Waals surface area contributed by atoms with Crippen LogP contribution in [0.2, 0.25) is 5.15 Å². The van der Waals surface area contributed by atoms with Crippen LogP contribution in [0.1, 0.15) is 0 Å². The molecule has 0 unspecified atom stereocenters. The maximum absolute atomic E-state index is 10.5. The molecule has 2 rings (SSSR count). The standard InChI is InChI=1S/C8H4ClN3O2.Na.H2O3S.H/c9-8-6-3-5(12(13)14)1-2-7(6)10-4-11-8;;1-4(2)3;/h1-4H;;(H2,1,2,3);. The maximum atomic E-state index is 10.5. The molecule has 0 bridgehead atoms. The van der Waals surface area contributed by atoms with Gasteiger partial charge in [0.25, 0.3) is 17.0 Å². The monoisotopic (exact) mass is 315 g/mol. The van der Waals surface area contributed by atoms with Crippen LogP contribution in [0.4, 0.5) is 5.69 Å². The van der Waals surface area contributed by atoms with Crippen LogP contribution in [0.3, 0.4) is 0 Å². The van der Waals surface area contributed by atoms with E-state index in [1.54, 1.807) is 6.07 Å². The number of nitro benzene ring substituents is 1. The second kappa shape index (κ2) is 8.48. The number of rotatable bonds is 1. The molecule has 0 amide bonds. The molecule has 0 saturated carbocycles. The van der Waals surface area contributed by atoms with Gasteiger partial charge in [0.1, 0.15) is 11.5 Å². The molecule has 0 fully saturated rings. The Kier molecular flexibility index (Phi) is 8.18. The predicted octanol–water partition coefficient (Wildman–Crippen LogP) is 1.22. The molecule has 2 aromatic rings. The summed E-state index contributed by atoms with van der Waals surface area (Å²) in [7, 11) is 0. The molecule has 0 spiro atoms. The average Bonchev–Trinajstić information content (AvgIpc) is 2.28. The van der Waals surface area contributed by atoms with E-state index in [4.69, 9.17) is 24.9 Å². The second-order valence-electron chi connectivity index (χ2n) is 2.85. The van der Waals surface area contributed by atoms with Gasteiger partial charge >= 0.3 is 29.6 Å². The van der Waals surface area contributed by atoms with Gasteiger partial charge < -0.3 is 0 Å². The summed E-state index contributed by atoms with van der Waals surface area (Å²) >= 11 is 3.15. The van der Waals surface area contributed by atoms with Gasteiger partial charge in [-0.2, -0.15) is 4.21 Å². The van der Waals surface area contributed by atoms with Gasteiger partial charge in [0.15, 0.2) is 0 Å². The fourth-order valence-electron chi connectivity index (χ4n) is 1.13. The predicted molar refractivity (Wildman–Crippen MR) is 71.8 cm³/mol. The second-order valence-corrected chi connectivity index (χ2v) is 3.67. The average molecular weight is 316 g/mol. The number of benzene rings is 1. The van der Waals surface area contributed by atoms with Gasteiger partial charge in [0.05, 0.1) is 10.4 Å². The number of fused-ring (bicyclic) bond motifs is 1. The quantitative estimate of drug-likeness (QED) is 0.266. The Morgan fingerprint density at radius 2 is 1.89 bits per heavy atom. The number of hydrogen-bond donors (Lipinski definition) is 2. The number of aromatic nitrogens is 2. The molecule has 0 radical (unpaired) electrons. The van der Waals surface area contributed by atoms with Gasteiger partial charge in [-0.3, -0.25) is 19.2 Å². The minimum absolute atomic E-state index is 0. The van der Waals surface area contributed by atoms with Crippen LogP contribution in [-0.2, 0) is 11.4 Å². The zero-order valence-corrected chi connectivity index (χ0v) is 10.1. The van der Waals surface area contributed by atoms with Gasteiger partial charge in [0, 0.05) is 17.5 Å². The van der Waals surface area contributed by atoms with Crippen molar-refractivity contribution in [2.24, 2.45) is 0 Å². The van der Waals surface area contributed by atoms with E-state index in [1.807, 2.05) is 0 Å². The Morgan fingerprint density at radius 1 is 1.32 bits per heavy atom. The van der Waals surface area contributed by atoms with Crippen molar-refractivity contribution in [2.75, 3.05) is 0 Å². The van der Waals surface area contributed by atoms with E-state index in [1.165, 1.54) is 18.5 Å². The normalized spacial score (nSPS) is 9.47. The molecule has 0 aliphatic rings. The molecular formula is C8H7ClN3NaO5S. The van der Waals surface area contributed by atoms with Gasteiger partial charge in [-0.05, 0) is 6.07 Å². The molecule has 2 N–H and O–H groups in total. The van der Waals surface area contributed by atoms with Crippen molar-refractivity contribution in [1.82, 2.24) is 9.97 Å². The van der Waals surface area contributed by atoms with E-state index >= 15 is 0 Å². The van der Waals surface area contributed by atoms with Crippen molar-refractivity contribution >= 4 is 69.1 Å². The summed E-state index contributed by atoms with van der Waals surface area (Å²) in [6, 6.07) is 4.28. The molecular weight excluding hydrogens is 309 g/mol. The third kappa shape index (κ3) is 5.87. The third-order valence-electron chi connectivity index (χ3n) is 1.78. The van der Waals surface area contributed by atoms with E-state index in [9.17, 15) is 10.1 Å². The van der Waals surface area contributed by atoms with Crippen LogP contribution in [0, 0.1) is 10.1 Å². The van der Waals surface area contributed by atoms with E-state index in [0.717, 1.165) is 0 Å². The number of non-ortho nitro benzene ring substituents is 1. The summed E-state index contributed by atoms with van der Waals surface area (Å²) in [5, 5.41) is 11.2. The van der Waals surface area contributed by atoms with Crippen molar-refractivity contribution in [3.63, 3.8) is 0 Å². The van der Waals surface area contributed by atoms with Crippen molar-refractivity contribution in [3.8, 4) is 0 Å². The summed E-state index contributed by atoms with van der Waals surface area (Å²) < 4.78 is 22.8. The van der Waals surface area contributed by atoms with Crippen LogP contribution < -0.4 is 0 Å². The first kappa shape index (κ1) is 18.3. The summed E-state index contributed by atoms with van der Waals surface area (Å²) in [6.07, 6.45) is 1.32. The summed E-state index contributed by atoms with van der Waals surface area (Å²) in [4.78, 5) is 17.7. The first-order valence-corrected chi connectivity index (χ1v) is 5.70. The molecule has 1 heterocycles. The van der Waals surface area contributed by atoms with Gasteiger partial charge in [0.2, 0.25) is 0 Å². The molecule has 11 heteroatoms. The van der Waals surface area contributed by atoms with Crippen LogP contribution in [0.15, 0.2) is 24.5 Å². The molecule has 8 nitrogen and oxygen atoms in total. The molecule has 0 saturated heterocycles. The van der Waals surface area contributed by atoms with E-state index in [-0.39, 0.29) is 40.4 Å². The van der Waals surface area contributed by atoms with E-state index in [2.05, 4.69) is 9.97 Å². The van der Waals surface area contributed by atoms with Crippen molar-refractivity contribution in [1.29, 1.82) is 0 Å². The number of nitro groups is 1. The number of halogens is 1. The topological polar surface area (TPSA) is 126 Å². The SMILES string of the molecule is O=S(O)O.O=[N+]([O-])c1ccc2ncnc(Cl)c2c1.[NaH]. The Bertz CT molecular complexity index is 610. The first-order valence-electron chi connectivity index (χ1n) is 4.26. The summed E-state index contributed by atoms with van der Waals surface area (Å²) in [5.74, 6) is 0. The van der Waals surface area contributed by atoms with Crippen LogP contribution >= 0.6 is 11.6 Å². The molecule has 19 heavy (non-hydrogen) atoms. The van der Waals surface area contributed by atoms with Crippen LogP contribution in [0.5, 0.6) is 0 Å². The summed E-state index contributed by atoms with van der Waals surface area (Å²) in [6.45, 7) is 0. The van der Waals surface area contributed by atoms with Crippen molar-refractivity contribution in [3.05, 3.63) is 39.8 Å². The molecule has 0 atom stereocenters. The Labute approximate surface area is 136 Å². The van der Waals surface area contributed by atoms with Gasteiger partial charge in [-0.15, -0.1) is 0 Å². The summed E-state index contributed by atoms with van der Waals surface area (Å²) in [5.41, 5.74) is 0.574. The first-order chi connectivity index (χ1) is 8.41. The minimum atomic E-state index is -2.61. The van der Waals surface area contributed by atoms with Crippen molar-refractivity contribution < 1.29 is 18.2 Å². The van der Waals surface area contributed by atoms with E-state index in [0.29, 0.717) is 10.9 Å². The van der Waals surface area contributed by atoms with E-state index < -0.39 is 16.3 Å². The Balaban J connectivity index is 0.000000576. The zero-order valence-electron chi connectivity index (χ0n) is 8.56. The molecule has 1 aromatic carbocycles. The van der Waals surface area contributed by atoms with Crippen LogP contribution in [-0.4, -0.2) is 57.8 Å². The molecule has 98 valence electrons. The molecule has 1 aromatic heterocycles. The molecule has 0 aliphatic carbocycles. The molecule has 0 aliphatic heterocycles. The third-order valence-corrected chi connectivity index (χ3v) is 2.08. The van der Waals surface area contributed by atoms with Gasteiger partial charge in [-0.1, -0.05) is 11.6 Å². The Morgan fingerprint density at radius 3 is 2.42 bits per heavy atom. The van der Waals surface area contributed by atoms with Crippen molar-refractivity contribution in [2.45, 2.75) is 0 Å². The van der Waals surface area contributed by atoms with Gasteiger partial charge in [-0.25, -0.2) is 9.97 Å². The fraction of sp³-hybridized carbons (Fsp3) is 0. The zero-order chi connectivity index (χ0) is 13.7. The Hall–Kier alpha value is -0.680. The number of nitrogens with zero attached hydrogens (tertiary/aromatic N) is 3. The number of hydrogen-bond acceptors (Lipinski definition) is 5. The fourth-order valence-corrected chi connectivity index (χ4v) is 1.32. The van der Waals surface area contributed by atoms with Crippen LogP contribution in [0.25, 0.3) is 10.9 Å².